The molecule has 1 rings (SSSR count). The number of hydrazine groups is 1. The van der Waals surface area contributed by atoms with Crippen molar-refractivity contribution in [3.05, 3.63) is 24.3 Å². The van der Waals surface area contributed by atoms with E-state index in [0.29, 0.717) is 5.17 Å². The van der Waals surface area contributed by atoms with Crippen LogP contribution >= 0.6 is 0 Å². The van der Waals surface area contributed by atoms with Crippen LogP contribution in [0.5, 0.6) is 5.75 Å². The van der Waals surface area contributed by atoms with E-state index in [2.05, 4.69) is 10.2 Å². The minimum absolute atomic E-state index is 0.0406. The van der Waals surface area contributed by atoms with Gasteiger partial charge < -0.3 is 0 Å². The fraction of sp³-hybridized carbons (Fsp3) is 0.417. The van der Waals surface area contributed by atoms with Crippen LogP contribution in [0.3, 0.4) is 0 Å². The van der Waals surface area contributed by atoms with Crippen LogP contribution < -0.4 is 10.6 Å². The fourth-order valence-electron chi connectivity index (χ4n) is 1.54. The van der Waals surface area contributed by atoms with Crippen LogP contribution in [-0.2, 0) is 17.2 Å². The number of hydrogen-bond acceptors (Lipinski definition) is 8. The Morgan fingerprint density at radius 1 is 1.45 bits per heavy atom. The van der Waals surface area contributed by atoms with Gasteiger partial charge in [-0.25, -0.2) is 0 Å². The summed E-state index contributed by atoms with van der Waals surface area (Å²) in [5, 5.41) is 18.0. The molecule has 1 aromatic rings. The molecule has 0 aliphatic heterocycles. The van der Waals surface area contributed by atoms with Crippen molar-refractivity contribution in [1.82, 2.24) is 5.43 Å². The van der Waals surface area contributed by atoms with Crippen LogP contribution in [0, 0.1) is 0 Å². The molecule has 0 saturated carbocycles. The molecule has 1 atom stereocenters. The minimum atomic E-state index is -5.20. The van der Waals surface area contributed by atoms with Gasteiger partial charge in [-0.3, -0.25) is 0 Å². The van der Waals surface area contributed by atoms with E-state index in [4.69, 9.17) is 4.19 Å². The molecule has 1 aromatic carbocycles. The first-order valence-corrected chi connectivity index (χ1v) is 9.56. The van der Waals surface area contributed by atoms with Crippen molar-refractivity contribution < 1.29 is 31.7 Å². The number of nitrogens with one attached hydrogen (secondary N) is 1. The van der Waals surface area contributed by atoms with Gasteiger partial charge in [0.15, 0.2) is 0 Å². The Balaban J connectivity index is 2.42. The first-order valence-electron chi connectivity index (χ1n) is 6.41. The van der Waals surface area contributed by atoms with E-state index < -0.39 is 24.0 Å². The third-order valence-corrected chi connectivity index (χ3v) is 4.89. The molecule has 1 unspecified atom stereocenters. The Bertz CT molecular complexity index is 605. The molecular weight excluding hydrogens is 363 g/mol. The zero-order valence-electron chi connectivity index (χ0n) is 11.8. The van der Waals surface area contributed by atoms with Crippen LogP contribution in [0.15, 0.2) is 24.3 Å². The van der Waals surface area contributed by atoms with E-state index in [1.54, 1.807) is 0 Å². The predicted octanol–water partition coefficient (Wildman–Crippen LogP) is 0.136. The molecule has 4 N–H and O–H groups in total. The van der Waals surface area contributed by atoms with Gasteiger partial charge in [-0.1, -0.05) is 0 Å². The summed E-state index contributed by atoms with van der Waals surface area (Å²) in [6.45, 7) is 1.42. The van der Waals surface area contributed by atoms with E-state index >= 15 is 0 Å². The molecule has 0 saturated heterocycles. The molecule has 0 amide bonds. The van der Waals surface area contributed by atoms with Crippen molar-refractivity contribution in [3.63, 3.8) is 0 Å². The maximum atomic E-state index is 11.5. The summed E-state index contributed by atoms with van der Waals surface area (Å²) in [6.07, 6.45) is -0.266. The SMILES string of the molecule is CCC(OC(=O)CCNN(O)c1cccc(O)c1)[Se](=O)(=O)O. The van der Waals surface area contributed by atoms with E-state index in [9.17, 15) is 22.8 Å². The third kappa shape index (κ3) is 5.96. The summed E-state index contributed by atoms with van der Waals surface area (Å²) in [6, 6.07) is 5.75. The molecule has 0 aliphatic rings. The zero-order valence-corrected chi connectivity index (χ0v) is 13.6. The number of carbonyl (C=O) groups excluding carboxylic acids is 1. The standard InChI is InChI=1S/C12H18N2O7Se/c1-2-12(22(18,19)20)21-11(16)6-7-13-14(17)9-4-3-5-10(15)8-9/h3-5,8,12-13,15,17H,2,6-7H2,1H3,(H,18,19,20). The number of rotatable bonds is 8. The van der Waals surface area contributed by atoms with Gasteiger partial charge in [-0.2, -0.15) is 0 Å². The van der Waals surface area contributed by atoms with Crippen molar-refractivity contribution in [3.8, 4) is 5.75 Å². The monoisotopic (exact) mass is 382 g/mol. The normalized spacial score (nSPS) is 12.7. The number of esters is 1. The third-order valence-electron chi connectivity index (χ3n) is 2.59. The Hall–Kier alpha value is -1.71. The number of benzene rings is 1. The molecular formula is C12H18N2O7Se. The average Bonchev–Trinajstić information content (AvgIpc) is 2.43. The Morgan fingerprint density at radius 2 is 2.14 bits per heavy atom. The number of nitrogens with zero attached hydrogens (tertiary/aromatic N) is 1. The van der Waals surface area contributed by atoms with E-state index in [-0.39, 0.29) is 30.8 Å². The maximum absolute atomic E-state index is 11.5. The van der Waals surface area contributed by atoms with Crippen LogP contribution in [0.1, 0.15) is 19.8 Å². The number of carbonyl (C=O) groups is 1. The summed E-state index contributed by atoms with van der Waals surface area (Å²) < 4.78 is 35.5. The van der Waals surface area contributed by atoms with Crippen LogP contribution in [-0.4, -0.2) is 45.1 Å². The Morgan fingerprint density at radius 3 is 2.68 bits per heavy atom. The van der Waals surface area contributed by atoms with Crippen molar-refractivity contribution >= 4 is 24.7 Å². The van der Waals surface area contributed by atoms with Gasteiger partial charge in [0.1, 0.15) is 0 Å². The van der Waals surface area contributed by atoms with Gasteiger partial charge >= 0.3 is 128 Å². The molecule has 0 radical (unpaired) electrons. The molecule has 124 valence electrons. The van der Waals surface area contributed by atoms with Crippen molar-refractivity contribution in [2.24, 2.45) is 0 Å². The Labute approximate surface area is 129 Å². The van der Waals surface area contributed by atoms with E-state index in [1.165, 1.54) is 31.2 Å². The molecule has 0 heterocycles. The zero-order chi connectivity index (χ0) is 16.8. The van der Waals surface area contributed by atoms with E-state index in [0.717, 1.165) is 0 Å². The molecule has 0 aromatic heterocycles. The second kappa shape index (κ2) is 8.06. The number of anilines is 1. The first kappa shape index (κ1) is 18.3. The summed E-state index contributed by atoms with van der Waals surface area (Å²) in [5.41, 5.74) is 2.71. The second-order valence-electron chi connectivity index (χ2n) is 4.33. The summed E-state index contributed by atoms with van der Waals surface area (Å²) in [4.78, 5) is 11.5. The number of ether oxygens (including phenoxy) is 1. The summed E-state index contributed by atoms with van der Waals surface area (Å²) in [7, 11) is 0. The van der Waals surface area contributed by atoms with Gasteiger partial charge in [0.2, 0.25) is 0 Å². The molecule has 10 heteroatoms. The van der Waals surface area contributed by atoms with E-state index in [1.807, 2.05) is 0 Å². The van der Waals surface area contributed by atoms with Crippen molar-refractivity contribution in [2.45, 2.75) is 24.8 Å². The van der Waals surface area contributed by atoms with Gasteiger partial charge in [0.05, 0.1) is 0 Å². The first-order chi connectivity index (χ1) is 10.2. The van der Waals surface area contributed by atoms with Crippen LogP contribution in [0.2, 0.25) is 0 Å². The topological polar surface area (TPSA) is 136 Å². The van der Waals surface area contributed by atoms with Crippen molar-refractivity contribution in [1.29, 1.82) is 0 Å². The van der Waals surface area contributed by atoms with Gasteiger partial charge in [0.25, 0.3) is 0 Å². The van der Waals surface area contributed by atoms with Crippen molar-refractivity contribution in [2.75, 3.05) is 11.7 Å². The molecule has 22 heavy (non-hydrogen) atoms. The Kier molecular flexibility index (Phi) is 6.72. The quantitative estimate of drug-likeness (QED) is 0.281. The number of phenolic OH excluding ortho intramolecular Hbond substituents is 1. The van der Waals surface area contributed by atoms with Crippen LogP contribution in [0.25, 0.3) is 0 Å². The molecule has 0 spiro atoms. The fourth-order valence-corrected chi connectivity index (χ4v) is 2.90. The number of hydrogen-bond donors (Lipinski definition) is 4. The van der Waals surface area contributed by atoms with Crippen LogP contribution in [0.4, 0.5) is 5.69 Å². The molecule has 0 aliphatic carbocycles. The second-order valence-corrected chi connectivity index (χ2v) is 7.60. The van der Waals surface area contributed by atoms with Gasteiger partial charge in [-0.15, -0.1) is 0 Å². The number of phenols is 1. The molecule has 0 bridgehead atoms. The summed E-state index contributed by atoms with van der Waals surface area (Å²) >= 11 is -5.20. The van der Waals surface area contributed by atoms with Gasteiger partial charge in [-0.05, 0) is 0 Å². The van der Waals surface area contributed by atoms with Gasteiger partial charge in [0, 0.05) is 0 Å². The average molecular weight is 381 g/mol. The molecule has 0 fully saturated rings. The summed E-state index contributed by atoms with van der Waals surface area (Å²) in [5.74, 6) is -0.870. The number of aromatic hydroxyl groups is 1. The molecule has 9 nitrogen and oxygen atoms in total. The predicted molar refractivity (Wildman–Crippen MR) is 74.5 cm³/mol.